The Kier molecular flexibility index (Phi) is 5.00. The summed E-state index contributed by atoms with van der Waals surface area (Å²) in [5, 5.41) is 0. The van der Waals surface area contributed by atoms with Gasteiger partial charge in [-0.15, -0.1) is 0 Å². The number of aromatic nitrogens is 1. The fourth-order valence-corrected chi connectivity index (χ4v) is 2.09. The Morgan fingerprint density at radius 1 is 1.19 bits per heavy atom. The zero-order valence-corrected chi connectivity index (χ0v) is 12.3. The summed E-state index contributed by atoms with van der Waals surface area (Å²) in [7, 11) is 1.62. The second-order valence-electron chi connectivity index (χ2n) is 4.71. The Morgan fingerprint density at radius 2 is 1.90 bits per heavy atom. The van der Waals surface area contributed by atoms with E-state index in [0.29, 0.717) is 25.4 Å². The van der Waals surface area contributed by atoms with Crippen LogP contribution < -0.4 is 20.6 Å². The Balaban J connectivity index is 2.15. The van der Waals surface area contributed by atoms with Crippen LogP contribution in [0.3, 0.4) is 0 Å². The van der Waals surface area contributed by atoms with Crippen molar-refractivity contribution in [3.05, 3.63) is 58.0 Å². The van der Waals surface area contributed by atoms with Crippen molar-refractivity contribution in [2.45, 2.75) is 20.1 Å². The van der Waals surface area contributed by atoms with Gasteiger partial charge in [0.25, 0.3) is 0 Å². The average Bonchev–Trinajstić information content (AvgIpc) is 2.51. The van der Waals surface area contributed by atoms with E-state index in [2.05, 4.69) is 0 Å². The van der Waals surface area contributed by atoms with Crippen LogP contribution in [0, 0.1) is 6.92 Å². The standard InChI is InChI=1S/C16H20N2O3/c1-12-16(15(19)7-9-18(12)10-8-17)21-11-13-3-5-14(20-2)6-4-13/h3-7,9H,8,10-11,17H2,1-2H3. The maximum absolute atomic E-state index is 11.9. The van der Waals surface area contributed by atoms with Crippen LogP contribution in [0.4, 0.5) is 0 Å². The topological polar surface area (TPSA) is 66.5 Å². The molecule has 0 amide bonds. The van der Waals surface area contributed by atoms with Gasteiger partial charge in [0.15, 0.2) is 5.75 Å². The lowest BCUT2D eigenvalue weighted by Crippen LogP contribution is -2.18. The van der Waals surface area contributed by atoms with E-state index in [1.807, 2.05) is 35.8 Å². The molecule has 0 atom stereocenters. The van der Waals surface area contributed by atoms with Crippen molar-refractivity contribution < 1.29 is 9.47 Å². The van der Waals surface area contributed by atoms with Crippen molar-refractivity contribution >= 4 is 0 Å². The number of pyridine rings is 1. The van der Waals surface area contributed by atoms with Crippen molar-refractivity contribution in [1.82, 2.24) is 4.57 Å². The molecule has 0 bridgehead atoms. The zero-order valence-electron chi connectivity index (χ0n) is 12.3. The first-order valence-electron chi connectivity index (χ1n) is 6.81. The zero-order chi connectivity index (χ0) is 15.2. The molecule has 5 nitrogen and oxygen atoms in total. The summed E-state index contributed by atoms with van der Waals surface area (Å²) in [4.78, 5) is 11.9. The first-order valence-corrected chi connectivity index (χ1v) is 6.81. The SMILES string of the molecule is COc1ccc(COc2c(C)n(CCN)ccc2=O)cc1. The van der Waals surface area contributed by atoms with E-state index in [0.717, 1.165) is 17.0 Å². The van der Waals surface area contributed by atoms with Crippen LogP contribution in [0.15, 0.2) is 41.3 Å². The number of hydrogen-bond donors (Lipinski definition) is 1. The third-order valence-electron chi connectivity index (χ3n) is 3.30. The molecule has 21 heavy (non-hydrogen) atoms. The van der Waals surface area contributed by atoms with Crippen LogP contribution in [0.5, 0.6) is 11.5 Å². The highest BCUT2D eigenvalue weighted by atomic mass is 16.5. The molecule has 1 aromatic carbocycles. The van der Waals surface area contributed by atoms with Crippen LogP contribution in [-0.4, -0.2) is 18.2 Å². The van der Waals surface area contributed by atoms with Gasteiger partial charge < -0.3 is 19.8 Å². The van der Waals surface area contributed by atoms with Crippen LogP contribution in [0.1, 0.15) is 11.3 Å². The smallest absolute Gasteiger partial charge is 0.223 e. The first-order chi connectivity index (χ1) is 10.2. The number of rotatable bonds is 6. The van der Waals surface area contributed by atoms with Crippen molar-refractivity contribution in [2.24, 2.45) is 5.73 Å². The van der Waals surface area contributed by atoms with E-state index in [4.69, 9.17) is 15.2 Å². The largest absolute Gasteiger partial charge is 0.497 e. The molecule has 0 saturated heterocycles. The highest BCUT2D eigenvalue weighted by molar-refractivity contribution is 5.29. The Bertz CT molecular complexity index is 648. The van der Waals surface area contributed by atoms with E-state index in [-0.39, 0.29) is 5.43 Å². The van der Waals surface area contributed by atoms with E-state index >= 15 is 0 Å². The van der Waals surface area contributed by atoms with E-state index < -0.39 is 0 Å². The molecule has 5 heteroatoms. The average molecular weight is 288 g/mol. The Labute approximate surface area is 123 Å². The van der Waals surface area contributed by atoms with Crippen molar-refractivity contribution in [3.8, 4) is 11.5 Å². The third kappa shape index (κ3) is 3.64. The molecule has 0 aliphatic rings. The molecule has 0 aliphatic carbocycles. The minimum absolute atomic E-state index is 0.116. The van der Waals surface area contributed by atoms with Gasteiger partial charge in [-0.2, -0.15) is 0 Å². The first kappa shape index (κ1) is 15.1. The van der Waals surface area contributed by atoms with Gasteiger partial charge in [0.2, 0.25) is 5.43 Å². The molecule has 0 saturated carbocycles. The maximum Gasteiger partial charge on any atom is 0.223 e. The quantitative estimate of drug-likeness (QED) is 0.878. The van der Waals surface area contributed by atoms with Crippen molar-refractivity contribution in [2.75, 3.05) is 13.7 Å². The lowest BCUT2D eigenvalue weighted by molar-refractivity contribution is 0.297. The monoisotopic (exact) mass is 288 g/mol. The van der Waals surface area contributed by atoms with Gasteiger partial charge in [0.05, 0.1) is 12.8 Å². The number of hydrogen-bond acceptors (Lipinski definition) is 4. The van der Waals surface area contributed by atoms with Gasteiger partial charge in [0.1, 0.15) is 12.4 Å². The number of methoxy groups -OCH3 is 1. The Morgan fingerprint density at radius 3 is 2.52 bits per heavy atom. The molecule has 1 aromatic heterocycles. The molecule has 112 valence electrons. The number of nitrogens with zero attached hydrogens (tertiary/aromatic N) is 1. The van der Waals surface area contributed by atoms with Gasteiger partial charge in [-0.3, -0.25) is 4.79 Å². The molecule has 0 radical (unpaired) electrons. The molecule has 2 rings (SSSR count). The molecule has 0 unspecified atom stereocenters. The van der Waals surface area contributed by atoms with Crippen LogP contribution >= 0.6 is 0 Å². The van der Waals surface area contributed by atoms with E-state index in [1.165, 1.54) is 6.07 Å². The Hall–Kier alpha value is -2.27. The normalized spacial score (nSPS) is 10.4. The van der Waals surface area contributed by atoms with Gasteiger partial charge in [0, 0.05) is 25.4 Å². The lowest BCUT2D eigenvalue weighted by Gasteiger charge is -2.14. The second kappa shape index (κ2) is 6.95. The lowest BCUT2D eigenvalue weighted by atomic mass is 10.2. The highest BCUT2D eigenvalue weighted by Gasteiger charge is 2.08. The molecule has 0 spiro atoms. The van der Waals surface area contributed by atoms with Gasteiger partial charge in [-0.05, 0) is 24.6 Å². The molecule has 2 aromatic rings. The van der Waals surface area contributed by atoms with E-state index in [1.54, 1.807) is 13.3 Å². The summed E-state index contributed by atoms with van der Waals surface area (Å²) in [6.45, 7) is 3.37. The molecule has 2 N–H and O–H groups in total. The second-order valence-corrected chi connectivity index (χ2v) is 4.71. The summed E-state index contributed by atoms with van der Waals surface area (Å²) in [6.07, 6.45) is 1.74. The fraction of sp³-hybridized carbons (Fsp3) is 0.312. The van der Waals surface area contributed by atoms with Gasteiger partial charge in [-0.25, -0.2) is 0 Å². The van der Waals surface area contributed by atoms with Crippen LogP contribution in [0.2, 0.25) is 0 Å². The predicted molar refractivity (Wildman–Crippen MR) is 81.8 cm³/mol. The maximum atomic E-state index is 11.9. The molecular formula is C16H20N2O3. The molecular weight excluding hydrogens is 268 g/mol. The predicted octanol–water partition coefficient (Wildman–Crippen LogP) is 1.70. The molecule has 0 aliphatic heterocycles. The summed E-state index contributed by atoms with van der Waals surface area (Å²) in [5.74, 6) is 1.17. The minimum atomic E-state index is -0.116. The summed E-state index contributed by atoms with van der Waals surface area (Å²) in [5.41, 5.74) is 7.21. The molecule has 1 heterocycles. The summed E-state index contributed by atoms with van der Waals surface area (Å²) >= 11 is 0. The summed E-state index contributed by atoms with van der Waals surface area (Å²) < 4.78 is 12.7. The van der Waals surface area contributed by atoms with Crippen molar-refractivity contribution in [3.63, 3.8) is 0 Å². The number of ether oxygens (including phenoxy) is 2. The van der Waals surface area contributed by atoms with Crippen LogP contribution in [0.25, 0.3) is 0 Å². The number of benzene rings is 1. The third-order valence-corrected chi connectivity index (χ3v) is 3.30. The fourth-order valence-electron chi connectivity index (χ4n) is 2.09. The van der Waals surface area contributed by atoms with Crippen molar-refractivity contribution in [1.29, 1.82) is 0 Å². The van der Waals surface area contributed by atoms with Gasteiger partial charge >= 0.3 is 0 Å². The van der Waals surface area contributed by atoms with Crippen LogP contribution in [-0.2, 0) is 13.2 Å². The van der Waals surface area contributed by atoms with Gasteiger partial charge in [-0.1, -0.05) is 12.1 Å². The summed E-state index contributed by atoms with van der Waals surface area (Å²) in [6, 6.07) is 9.06. The highest BCUT2D eigenvalue weighted by Crippen LogP contribution is 2.16. The minimum Gasteiger partial charge on any atom is -0.497 e. The molecule has 0 fully saturated rings. The van der Waals surface area contributed by atoms with E-state index in [9.17, 15) is 4.79 Å². The number of nitrogens with two attached hydrogens (primary N) is 1.